The number of benzene rings is 1. The molecular weight excluding hydrogens is 276 g/mol. The molecule has 0 unspecified atom stereocenters. The van der Waals surface area contributed by atoms with Crippen molar-refractivity contribution in [1.29, 1.82) is 0 Å². The molecule has 16 heavy (non-hydrogen) atoms. The summed E-state index contributed by atoms with van der Waals surface area (Å²) in [5, 5.41) is 0. The summed E-state index contributed by atoms with van der Waals surface area (Å²) in [6.07, 6.45) is 0.557. The van der Waals surface area contributed by atoms with Gasteiger partial charge in [-0.1, -0.05) is 34.1 Å². The van der Waals surface area contributed by atoms with E-state index in [1.807, 2.05) is 24.3 Å². The van der Waals surface area contributed by atoms with Gasteiger partial charge in [0, 0.05) is 16.6 Å². The van der Waals surface area contributed by atoms with Crippen LogP contribution >= 0.6 is 15.9 Å². The molecule has 0 saturated carbocycles. The zero-order valence-electron chi connectivity index (χ0n) is 8.80. The quantitative estimate of drug-likeness (QED) is 0.809. The molecule has 1 nitrogen and oxygen atoms in total. The average Bonchev–Trinajstić information content (AvgIpc) is 2.24. The Balaban J connectivity index is 2.50. The molecule has 0 radical (unpaired) electrons. The van der Waals surface area contributed by atoms with E-state index >= 15 is 0 Å². The van der Waals surface area contributed by atoms with Crippen LogP contribution in [0, 0.1) is 0 Å². The number of unbranched alkanes of at least 4 members (excludes halogenated alkanes) is 1. The smallest absolute Gasteiger partial charge is 0.238 e. The Kier molecular flexibility index (Phi) is 5.46. The summed E-state index contributed by atoms with van der Waals surface area (Å²) in [5.74, 6) is 0. The lowest BCUT2D eigenvalue weighted by atomic mass is 10.1. The van der Waals surface area contributed by atoms with Gasteiger partial charge in [-0.05, 0) is 30.5 Å². The van der Waals surface area contributed by atoms with E-state index in [9.17, 15) is 8.78 Å². The molecule has 0 heterocycles. The fourth-order valence-electron chi connectivity index (χ4n) is 1.32. The molecule has 0 spiro atoms. The van der Waals surface area contributed by atoms with E-state index in [0.717, 1.165) is 10.0 Å². The Bertz CT molecular complexity index is 364. The van der Waals surface area contributed by atoms with Crippen LogP contribution in [0.5, 0.6) is 0 Å². The van der Waals surface area contributed by atoms with Gasteiger partial charge in [-0.3, -0.25) is 0 Å². The van der Waals surface area contributed by atoms with Crippen LogP contribution in [0.2, 0.25) is 0 Å². The Morgan fingerprint density at radius 3 is 2.81 bits per heavy atom. The lowest BCUT2D eigenvalue weighted by Crippen LogP contribution is -1.96. The molecule has 1 aromatic rings. The maximum absolute atomic E-state index is 11.9. The third-order valence-electron chi connectivity index (χ3n) is 2.15. The van der Waals surface area contributed by atoms with Crippen molar-refractivity contribution in [1.82, 2.24) is 0 Å². The highest BCUT2D eigenvalue weighted by molar-refractivity contribution is 9.10. The molecule has 0 atom stereocenters. The van der Waals surface area contributed by atoms with Crippen molar-refractivity contribution in [3.63, 3.8) is 0 Å². The Morgan fingerprint density at radius 2 is 2.19 bits per heavy atom. The number of nitrogens with two attached hydrogens (primary N) is 1. The highest BCUT2D eigenvalue weighted by Crippen LogP contribution is 2.17. The fraction of sp³-hybridized carbons (Fsp3) is 0.333. The molecule has 0 aliphatic heterocycles. The fourth-order valence-corrected chi connectivity index (χ4v) is 1.71. The van der Waals surface area contributed by atoms with Crippen LogP contribution in [0.4, 0.5) is 8.78 Å². The lowest BCUT2D eigenvalue weighted by molar-refractivity contribution is 0.135. The van der Waals surface area contributed by atoms with Gasteiger partial charge < -0.3 is 5.73 Å². The van der Waals surface area contributed by atoms with Gasteiger partial charge in [0.2, 0.25) is 6.43 Å². The van der Waals surface area contributed by atoms with Crippen molar-refractivity contribution < 1.29 is 8.78 Å². The maximum Gasteiger partial charge on any atom is 0.238 e. The first-order valence-electron chi connectivity index (χ1n) is 5.09. The van der Waals surface area contributed by atoms with Gasteiger partial charge in [-0.2, -0.15) is 0 Å². The van der Waals surface area contributed by atoms with Crippen LogP contribution in [0.15, 0.2) is 34.8 Å². The van der Waals surface area contributed by atoms with Gasteiger partial charge >= 0.3 is 0 Å². The highest BCUT2D eigenvalue weighted by Gasteiger charge is 2.01. The Morgan fingerprint density at radius 1 is 1.44 bits per heavy atom. The number of rotatable bonds is 5. The minimum atomic E-state index is -2.22. The van der Waals surface area contributed by atoms with Gasteiger partial charge in [0.25, 0.3) is 0 Å². The molecule has 88 valence electrons. The third kappa shape index (κ3) is 4.75. The second-order valence-electron chi connectivity index (χ2n) is 3.49. The zero-order chi connectivity index (χ0) is 12.0. The van der Waals surface area contributed by atoms with Gasteiger partial charge in [0.1, 0.15) is 0 Å². The van der Waals surface area contributed by atoms with Crippen LogP contribution in [-0.2, 0) is 0 Å². The zero-order valence-corrected chi connectivity index (χ0v) is 10.4. The number of halogens is 3. The number of allylic oxidation sites excluding steroid dienone is 1. The first-order chi connectivity index (χ1) is 7.59. The molecule has 4 heteroatoms. The molecule has 0 fully saturated rings. The van der Waals surface area contributed by atoms with Gasteiger partial charge in [-0.25, -0.2) is 8.78 Å². The summed E-state index contributed by atoms with van der Waals surface area (Å²) in [4.78, 5) is 0. The largest absolute Gasteiger partial charge is 0.399 e. The van der Waals surface area contributed by atoms with Gasteiger partial charge in [0.05, 0.1) is 0 Å². The molecule has 0 bridgehead atoms. The Hall–Kier alpha value is -0.900. The average molecular weight is 290 g/mol. The monoisotopic (exact) mass is 289 g/mol. The van der Waals surface area contributed by atoms with Crippen molar-refractivity contribution in [3.05, 3.63) is 40.4 Å². The minimum absolute atomic E-state index is 0.0672. The van der Waals surface area contributed by atoms with Crippen LogP contribution in [0.1, 0.15) is 24.8 Å². The van der Waals surface area contributed by atoms with Crippen molar-refractivity contribution in [3.8, 4) is 0 Å². The van der Waals surface area contributed by atoms with Crippen LogP contribution in [-0.4, -0.2) is 6.43 Å². The van der Waals surface area contributed by atoms with E-state index in [-0.39, 0.29) is 6.42 Å². The minimum Gasteiger partial charge on any atom is -0.399 e. The summed E-state index contributed by atoms with van der Waals surface area (Å²) >= 11 is 3.35. The van der Waals surface area contributed by atoms with E-state index in [4.69, 9.17) is 5.73 Å². The Labute approximate surface area is 102 Å². The van der Waals surface area contributed by atoms with E-state index < -0.39 is 6.43 Å². The van der Waals surface area contributed by atoms with E-state index in [2.05, 4.69) is 15.9 Å². The lowest BCUT2D eigenvalue weighted by Gasteiger charge is -2.02. The number of alkyl halides is 2. The van der Waals surface area contributed by atoms with Gasteiger partial charge in [0.15, 0.2) is 0 Å². The summed E-state index contributed by atoms with van der Waals surface area (Å²) < 4.78 is 24.7. The van der Waals surface area contributed by atoms with E-state index in [1.54, 1.807) is 6.08 Å². The van der Waals surface area contributed by atoms with Crippen molar-refractivity contribution in [2.45, 2.75) is 25.7 Å². The SMILES string of the molecule is N/C(=C\CCCC(F)F)c1cccc(Br)c1. The first kappa shape index (κ1) is 13.2. The summed E-state index contributed by atoms with van der Waals surface area (Å²) in [5.41, 5.74) is 7.38. The third-order valence-corrected chi connectivity index (χ3v) is 2.64. The van der Waals surface area contributed by atoms with Gasteiger partial charge in [-0.15, -0.1) is 0 Å². The number of hydrogen-bond donors (Lipinski definition) is 1. The highest BCUT2D eigenvalue weighted by atomic mass is 79.9. The van der Waals surface area contributed by atoms with Crippen LogP contribution in [0.25, 0.3) is 5.70 Å². The normalized spacial score (nSPS) is 12.1. The molecule has 0 amide bonds. The van der Waals surface area contributed by atoms with Crippen molar-refractivity contribution in [2.24, 2.45) is 5.73 Å². The number of hydrogen-bond acceptors (Lipinski definition) is 1. The topological polar surface area (TPSA) is 26.0 Å². The standard InChI is InChI=1S/C12H14BrF2N/c13-10-5-3-4-9(8-10)11(16)6-1-2-7-12(14)15/h3-6,8,12H,1-2,7,16H2/b11-6-. The van der Waals surface area contributed by atoms with Crippen LogP contribution in [0.3, 0.4) is 0 Å². The predicted octanol–water partition coefficient (Wildman–Crippen LogP) is 4.18. The maximum atomic E-state index is 11.9. The molecule has 2 N–H and O–H groups in total. The van der Waals surface area contributed by atoms with Crippen molar-refractivity contribution >= 4 is 21.6 Å². The summed E-state index contributed by atoms with van der Waals surface area (Å²) in [6.45, 7) is 0. The second-order valence-corrected chi connectivity index (χ2v) is 4.41. The van der Waals surface area contributed by atoms with Crippen molar-refractivity contribution in [2.75, 3.05) is 0 Å². The second kappa shape index (κ2) is 6.63. The molecular formula is C12H14BrF2N. The van der Waals surface area contributed by atoms with E-state index in [1.165, 1.54) is 0 Å². The molecule has 1 rings (SSSR count). The summed E-state index contributed by atoms with van der Waals surface area (Å²) in [6, 6.07) is 7.59. The molecule has 0 aliphatic rings. The first-order valence-corrected chi connectivity index (χ1v) is 5.88. The molecule has 0 aliphatic carbocycles. The molecule has 1 aromatic carbocycles. The molecule has 0 aromatic heterocycles. The van der Waals surface area contributed by atoms with E-state index in [0.29, 0.717) is 18.5 Å². The predicted molar refractivity (Wildman–Crippen MR) is 66.2 cm³/mol. The summed E-state index contributed by atoms with van der Waals surface area (Å²) in [7, 11) is 0. The van der Waals surface area contributed by atoms with Crippen LogP contribution < -0.4 is 5.73 Å². The molecule has 0 saturated heterocycles.